The Bertz CT molecular complexity index is 2480. The van der Waals surface area contributed by atoms with Gasteiger partial charge in [-0.1, -0.05) is 39.8 Å². The second kappa shape index (κ2) is 14.8. The highest BCUT2D eigenvalue weighted by Crippen LogP contribution is 2.54. The van der Waals surface area contributed by atoms with Crippen molar-refractivity contribution >= 4 is 45.3 Å². The van der Waals surface area contributed by atoms with Crippen molar-refractivity contribution < 1.29 is 57.0 Å². The van der Waals surface area contributed by atoms with Crippen LogP contribution in [0.15, 0.2) is 70.6 Å². The van der Waals surface area contributed by atoms with Crippen LogP contribution in [0, 0.1) is 13.8 Å². The van der Waals surface area contributed by atoms with E-state index in [0.717, 1.165) is 61.0 Å². The first kappa shape index (κ1) is 41.2. The topological polar surface area (TPSA) is 146 Å². The molecular formula is C44H38F6N2O6. The van der Waals surface area contributed by atoms with E-state index in [4.69, 9.17) is 0 Å². The molecule has 6 aromatic rings. The summed E-state index contributed by atoms with van der Waals surface area (Å²) >= 11 is 0. The molecular weight excluding hydrogens is 766 g/mol. The zero-order valence-corrected chi connectivity index (χ0v) is 31.9. The number of benzene rings is 6. The second-order valence-electron chi connectivity index (χ2n) is 14.6. The van der Waals surface area contributed by atoms with Gasteiger partial charge in [-0.3, -0.25) is 9.98 Å². The fraction of sp³-hybridized carbons (Fsp3) is 0.227. The minimum Gasteiger partial charge on any atom is -0.507 e. The Balaban J connectivity index is 1.65. The molecule has 0 aromatic heterocycles. The van der Waals surface area contributed by atoms with Crippen LogP contribution in [-0.4, -0.2) is 43.1 Å². The van der Waals surface area contributed by atoms with E-state index >= 15 is 0 Å². The van der Waals surface area contributed by atoms with Gasteiger partial charge in [-0.05, 0) is 96.1 Å². The number of rotatable bonds is 7. The Morgan fingerprint density at radius 2 is 0.793 bits per heavy atom. The number of hydrogen-bond donors (Lipinski definition) is 6. The van der Waals surface area contributed by atoms with Crippen molar-refractivity contribution in [3.8, 4) is 45.6 Å². The molecule has 0 atom stereocenters. The average molecular weight is 805 g/mol. The molecule has 0 fully saturated rings. The second-order valence-corrected chi connectivity index (χ2v) is 14.6. The Morgan fingerprint density at radius 1 is 0.483 bits per heavy atom. The summed E-state index contributed by atoms with van der Waals surface area (Å²) in [6, 6.07) is 11.1. The molecule has 58 heavy (non-hydrogen) atoms. The molecule has 0 aliphatic heterocycles. The normalized spacial score (nSPS) is 12.7. The van der Waals surface area contributed by atoms with Crippen LogP contribution in [0.5, 0.6) is 34.5 Å². The predicted molar refractivity (Wildman–Crippen MR) is 212 cm³/mol. The van der Waals surface area contributed by atoms with Crippen molar-refractivity contribution in [1.82, 2.24) is 0 Å². The molecule has 0 spiro atoms. The SMILES string of the molecule is Cc1cc2c(C(C)C)c(O)c(O)c(/C=N/c3ccc(C(F)(F)F)cc3)c2c(O)c1-c1c(C)cc2c(C(C)C)c(O)c(O)c(/C=N/c3ccc(C(F)(F)F)cc3)c2c1O. The molecule has 0 bridgehead atoms. The zero-order valence-electron chi connectivity index (χ0n) is 31.9. The largest absolute Gasteiger partial charge is 0.507 e. The van der Waals surface area contributed by atoms with Crippen molar-refractivity contribution in [2.45, 2.75) is 65.7 Å². The Hall–Kier alpha value is -6.44. The summed E-state index contributed by atoms with van der Waals surface area (Å²) in [5.74, 6) is -4.06. The van der Waals surface area contributed by atoms with E-state index in [1.165, 1.54) is 0 Å². The number of nitrogens with zero attached hydrogens (tertiary/aromatic N) is 2. The number of alkyl halides is 6. The minimum atomic E-state index is -4.59. The standard InChI is InChI=1S/C44H38F6N2O6/c1-19(2)31-27-15-21(5)33(39(55)35(27)29(37(53)41(31)57)17-51-25-11-7-23(8-12-25)43(45,46)47)34-22(6)16-28-32(20(3)4)42(58)38(54)30(36(28)40(34)56)18-52-26-13-9-24(10-14-26)44(48,49)50/h7-20,53-58H,1-6H3/b51-17+,52-18+. The number of aliphatic imine (C=N–C) groups is 2. The summed E-state index contributed by atoms with van der Waals surface area (Å²) < 4.78 is 79.2. The fourth-order valence-corrected chi connectivity index (χ4v) is 7.38. The Kier molecular flexibility index (Phi) is 10.5. The molecule has 0 saturated heterocycles. The van der Waals surface area contributed by atoms with Gasteiger partial charge in [-0.2, -0.15) is 26.3 Å². The van der Waals surface area contributed by atoms with Crippen LogP contribution in [0.1, 0.15) is 84.0 Å². The van der Waals surface area contributed by atoms with Crippen molar-refractivity contribution in [3.05, 3.63) is 105 Å². The Morgan fingerprint density at radius 3 is 1.07 bits per heavy atom. The maximum atomic E-state index is 13.2. The molecule has 6 rings (SSSR count). The van der Waals surface area contributed by atoms with Crippen molar-refractivity contribution in [2.75, 3.05) is 0 Å². The van der Waals surface area contributed by atoms with Crippen LogP contribution >= 0.6 is 0 Å². The molecule has 14 heteroatoms. The van der Waals surface area contributed by atoms with E-state index in [9.17, 15) is 57.0 Å². The molecule has 8 nitrogen and oxygen atoms in total. The quantitative estimate of drug-likeness (QED) is 0.0538. The number of phenolic OH excluding ortho intramolecular Hbond substituents is 6. The fourth-order valence-electron chi connectivity index (χ4n) is 7.38. The van der Waals surface area contributed by atoms with Gasteiger partial charge in [-0.15, -0.1) is 0 Å². The molecule has 0 heterocycles. The number of aryl methyl sites for hydroxylation is 2. The van der Waals surface area contributed by atoms with Crippen LogP contribution in [0.2, 0.25) is 0 Å². The third-order valence-corrected chi connectivity index (χ3v) is 10.1. The monoisotopic (exact) mass is 804 g/mol. The maximum absolute atomic E-state index is 13.2. The van der Waals surface area contributed by atoms with Crippen LogP contribution in [0.3, 0.4) is 0 Å². The van der Waals surface area contributed by atoms with Crippen molar-refractivity contribution in [3.63, 3.8) is 0 Å². The maximum Gasteiger partial charge on any atom is 0.416 e. The lowest BCUT2D eigenvalue weighted by atomic mass is 9.83. The first-order valence-corrected chi connectivity index (χ1v) is 18.0. The highest BCUT2D eigenvalue weighted by atomic mass is 19.4. The van der Waals surface area contributed by atoms with Gasteiger partial charge in [0.1, 0.15) is 11.5 Å². The smallest absolute Gasteiger partial charge is 0.416 e. The summed E-state index contributed by atoms with van der Waals surface area (Å²) in [6.07, 6.45) is -6.98. The number of phenols is 6. The number of halogens is 6. The molecule has 302 valence electrons. The molecule has 0 radical (unpaired) electrons. The van der Waals surface area contributed by atoms with Crippen LogP contribution in [-0.2, 0) is 12.4 Å². The summed E-state index contributed by atoms with van der Waals surface area (Å²) in [4.78, 5) is 8.48. The summed E-state index contributed by atoms with van der Waals surface area (Å²) in [5.41, 5.74) is -0.561. The molecule has 0 unspecified atom stereocenters. The molecule has 6 aromatic carbocycles. The summed E-state index contributed by atoms with van der Waals surface area (Å²) in [7, 11) is 0. The van der Waals surface area contributed by atoms with Gasteiger partial charge >= 0.3 is 12.4 Å². The van der Waals surface area contributed by atoms with Crippen LogP contribution in [0.4, 0.5) is 37.7 Å². The van der Waals surface area contributed by atoms with Crippen molar-refractivity contribution in [2.24, 2.45) is 9.98 Å². The number of hydrogen-bond acceptors (Lipinski definition) is 8. The average Bonchev–Trinajstić information content (AvgIpc) is 3.13. The lowest BCUT2D eigenvalue weighted by molar-refractivity contribution is -0.138. The van der Waals surface area contributed by atoms with Crippen molar-refractivity contribution in [1.29, 1.82) is 0 Å². The molecule has 0 aliphatic carbocycles. The van der Waals surface area contributed by atoms with Gasteiger partial charge in [0, 0.05) is 45.5 Å². The number of fused-ring (bicyclic) bond motifs is 2. The van der Waals surface area contributed by atoms with Gasteiger partial charge < -0.3 is 30.6 Å². The lowest BCUT2D eigenvalue weighted by Crippen LogP contribution is -2.03. The van der Waals surface area contributed by atoms with Gasteiger partial charge in [0.05, 0.1) is 33.6 Å². The van der Waals surface area contributed by atoms with Gasteiger partial charge in [-0.25, -0.2) is 0 Å². The third-order valence-electron chi connectivity index (χ3n) is 10.1. The molecule has 0 amide bonds. The highest BCUT2D eigenvalue weighted by molar-refractivity contribution is 6.15. The minimum absolute atomic E-state index is 0.00493. The lowest BCUT2D eigenvalue weighted by Gasteiger charge is -2.23. The van der Waals surface area contributed by atoms with Crippen LogP contribution < -0.4 is 0 Å². The third kappa shape index (κ3) is 7.18. The van der Waals surface area contributed by atoms with Gasteiger partial charge in [0.25, 0.3) is 0 Å². The van der Waals surface area contributed by atoms with Gasteiger partial charge in [0.2, 0.25) is 0 Å². The van der Waals surface area contributed by atoms with Gasteiger partial charge in [0.15, 0.2) is 23.0 Å². The molecule has 6 N–H and O–H groups in total. The first-order valence-electron chi connectivity index (χ1n) is 18.0. The van der Waals surface area contributed by atoms with E-state index in [-0.39, 0.29) is 55.5 Å². The Labute approximate surface area is 328 Å². The molecule has 0 saturated carbocycles. The van der Waals surface area contributed by atoms with E-state index in [0.29, 0.717) is 21.9 Å². The molecule has 0 aliphatic rings. The first-order chi connectivity index (χ1) is 27.0. The van der Waals surface area contributed by atoms with E-state index in [1.807, 2.05) is 0 Å². The summed E-state index contributed by atoms with van der Waals surface area (Å²) in [6.45, 7) is 10.3. The van der Waals surface area contributed by atoms with E-state index < -0.39 is 69.8 Å². The highest BCUT2D eigenvalue weighted by Gasteiger charge is 2.32. The van der Waals surface area contributed by atoms with E-state index in [1.54, 1.807) is 53.7 Å². The summed E-state index contributed by atoms with van der Waals surface area (Å²) in [5, 5.41) is 70.3. The predicted octanol–water partition coefficient (Wildman–Crippen LogP) is 12.3. The zero-order chi connectivity index (χ0) is 42.8. The van der Waals surface area contributed by atoms with E-state index in [2.05, 4.69) is 9.98 Å². The number of aromatic hydroxyl groups is 6. The van der Waals surface area contributed by atoms with Crippen LogP contribution in [0.25, 0.3) is 32.7 Å².